The normalized spacial score (nSPS) is 14.9. The maximum Gasteiger partial charge on any atom is 0.242 e. The minimum absolute atomic E-state index is 0.116. The van der Waals surface area contributed by atoms with Crippen LogP contribution in [0.25, 0.3) is 22.2 Å². The van der Waals surface area contributed by atoms with Crippen LogP contribution in [-0.4, -0.2) is 60.4 Å². The van der Waals surface area contributed by atoms with E-state index >= 15 is 0 Å². The van der Waals surface area contributed by atoms with E-state index in [0.717, 1.165) is 22.2 Å². The van der Waals surface area contributed by atoms with Gasteiger partial charge in [-0.1, -0.05) is 38.5 Å². The molecule has 5 rings (SSSR count). The molecule has 12 nitrogen and oxygen atoms in total. The van der Waals surface area contributed by atoms with Crippen molar-refractivity contribution in [3.05, 3.63) is 75.7 Å². The van der Waals surface area contributed by atoms with Gasteiger partial charge in [0.15, 0.2) is 11.5 Å². The molecule has 0 fully saturated rings. The highest BCUT2D eigenvalue weighted by atomic mass is 16.5. The number of para-hydroxylation sites is 2. The third-order valence-electron chi connectivity index (χ3n) is 9.23. The van der Waals surface area contributed by atoms with Crippen molar-refractivity contribution >= 4 is 28.5 Å². The summed E-state index contributed by atoms with van der Waals surface area (Å²) < 4.78 is 19.1. The standard InChI is InChI=1S/C37H45N5O7/c1-7-21(2)34(37(46)38-16-17-42-29-11-9-8-10-27(29)40-32(42)20-43)41-28-15-13-24-25(19-30(28)45)26(39-22(3)44)14-12-23-18-31(47-4)35(48-5)36(49-6)33(23)24/h8-11,13,15,18-19,21,26,34,43H,7,12,14,16-17,20H2,1-6H3,(H,38,46)(H,39,44)(H,41,45). The van der Waals surface area contributed by atoms with Gasteiger partial charge in [-0.15, -0.1) is 0 Å². The number of methoxy groups -OCH3 is 3. The van der Waals surface area contributed by atoms with Gasteiger partial charge in [0, 0.05) is 25.6 Å². The highest BCUT2D eigenvalue weighted by Gasteiger charge is 2.30. The lowest BCUT2D eigenvalue weighted by atomic mass is 9.95. The van der Waals surface area contributed by atoms with Gasteiger partial charge in [-0.05, 0) is 65.8 Å². The van der Waals surface area contributed by atoms with Gasteiger partial charge in [-0.2, -0.15) is 0 Å². The van der Waals surface area contributed by atoms with Gasteiger partial charge >= 0.3 is 0 Å². The first-order valence-corrected chi connectivity index (χ1v) is 16.5. The van der Waals surface area contributed by atoms with Crippen LogP contribution < -0.4 is 35.6 Å². The zero-order valence-electron chi connectivity index (χ0n) is 28.9. The van der Waals surface area contributed by atoms with E-state index < -0.39 is 12.1 Å². The first-order chi connectivity index (χ1) is 23.6. The molecule has 1 aliphatic rings. The number of carbonyl (C=O) groups excluding carboxylic acids is 2. The van der Waals surface area contributed by atoms with Crippen LogP contribution in [0.4, 0.5) is 5.69 Å². The number of anilines is 1. The van der Waals surface area contributed by atoms with E-state index in [2.05, 4.69) is 20.9 Å². The number of benzene rings is 2. The quantitative estimate of drug-likeness (QED) is 0.163. The third-order valence-corrected chi connectivity index (χ3v) is 9.23. The van der Waals surface area contributed by atoms with Crippen molar-refractivity contribution in [2.45, 2.75) is 65.3 Å². The lowest BCUT2D eigenvalue weighted by Crippen LogP contribution is -2.45. The molecule has 2 amide bonds. The van der Waals surface area contributed by atoms with Crippen LogP contribution in [0.15, 0.2) is 53.3 Å². The zero-order valence-corrected chi connectivity index (χ0v) is 28.9. The van der Waals surface area contributed by atoms with Gasteiger partial charge < -0.3 is 39.8 Å². The SMILES string of the molecule is CCC(C)C(Nc1ccc2c(cc1=O)C(NC(C)=O)CCc1cc(OC)c(OC)c(OC)c1-2)C(=O)NCCn1c(CO)nc2ccccc21. The topological polar surface area (TPSA) is 153 Å². The van der Waals surface area contributed by atoms with Crippen molar-refractivity contribution in [3.8, 4) is 28.4 Å². The van der Waals surface area contributed by atoms with Crippen LogP contribution in [0.5, 0.6) is 17.2 Å². The molecule has 1 aromatic heterocycles. The predicted octanol–water partition coefficient (Wildman–Crippen LogP) is 4.35. The fraction of sp³-hybridized carbons (Fsp3) is 0.405. The number of aliphatic hydroxyl groups is 1. The van der Waals surface area contributed by atoms with E-state index in [1.807, 2.05) is 54.8 Å². The summed E-state index contributed by atoms with van der Waals surface area (Å²) in [5.74, 6) is 1.33. The zero-order chi connectivity index (χ0) is 35.2. The summed E-state index contributed by atoms with van der Waals surface area (Å²) in [7, 11) is 4.65. The Kier molecular flexibility index (Phi) is 11.1. The number of aliphatic hydroxyl groups excluding tert-OH is 1. The number of ether oxygens (including phenoxy) is 3. The fourth-order valence-corrected chi connectivity index (χ4v) is 6.59. The summed E-state index contributed by atoms with van der Waals surface area (Å²) in [5.41, 5.74) is 4.57. The molecule has 0 radical (unpaired) electrons. The number of aromatic nitrogens is 2. The number of carbonyl (C=O) groups is 2. The van der Waals surface area contributed by atoms with E-state index in [1.54, 1.807) is 20.3 Å². The summed E-state index contributed by atoms with van der Waals surface area (Å²) in [6, 6.07) is 13.4. The molecule has 4 N–H and O–H groups in total. The van der Waals surface area contributed by atoms with Crippen molar-refractivity contribution in [2.75, 3.05) is 33.2 Å². The second-order valence-corrected chi connectivity index (χ2v) is 12.2. The number of nitrogens with one attached hydrogen (secondary N) is 3. The van der Waals surface area contributed by atoms with E-state index in [1.165, 1.54) is 20.1 Å². The minimum Gasteiger partial charge on any atom is -0.493 e. The number of imidazole rings is 1. The molecule has 0 bridgehead atoms. The molecule has 3 atom stereocenters. The Morgan fingerprint density at radius 1 is 1.06 bits per heavy atom. The molecule has 0 aliphatic heterocycles. The number of rotatable bonds is 13. The van der Waals surface area contributed by atoms with Crippen LogP contribution in [-0.2, 0) is 29.2 Å². The Labute approximate surface area is 285 Å². The van der Waals surface area contributed by atoms with Crippen molar-refractivity contribution in [1.29, 1.82) is 0 Å². The van der Waals surface area contributed by atoms with Crippen LogP contribution in [0.2, 0.25) is 0 Å². The fourth-order valence-electron chi connectivity index (χ4n) is 6.59. The largest absolute Gasteiger partial charge is 0.493 e. The minimum atomic E-state index is -0.714. The average Bonchev–Trinajstić information content (AvgIpc) is 3.30. The Morgan fingerprint density at radius 3 is 2.49 bits per heavy atom. The van der Waals surface area contributed by atoms with Crippen LogP contribution in [0.3, 0.4) is 0 Å². The highest BCUT2D eigenvalue weighted by Crippen LogP contribution is 2.50. The summed E-state index contributed by atoms with van der Waals surface area (Å²) >= 11 is 0. The number of fused-ring (bicyclic) bond motifs is 4. The smallest absolute Gasteiger partial charge is 0.242 e. The van der Waals surface area contributed by atoms with Crippen molar-refractivity contribution < 1.29 is 28.9 Å². The first-order valence-electron chi connectivity index (χ1n) is 16.5. The lowest BCUT2D eigenvalue weighted by Gasteiger charge is -2.24. The van der Waals surface area contributed by atoms with Crippen molar-refractivity contribution in [1.82, 2.24) is 20.2 Å². The third kappa shape index (κ3) is 7.19. The van der Waals surface area contributed by atoms with Crippen LogP contribution >= 0.6 is 0 Å². The second-order valence-electron chi connectivity index (χ2n) is 12.2. The molecule has 3 aromatic carbocycles. The van der Waals surface area contributed by atoms with Gasteiger partial charge in [-0.25, -0.2) is 4.98 Å². The summed E-state index contributed by atoms with van der Waals surface area (Å²) in [6.07, 6.45) is 1.80. The second kappa shape index (κ2) is 15.4. The molecule has 0 saturated heterocycles. The molecule has 0 spiro atoms. The average molecular weight is 672 g/mol. The van der Waals surface area contributed by atoms with Gasteiger partial charge in [0.25, 0.3) is 0 Å². The number of hydrogen-bond acceptors (Lipinski definition) is 9. The van der Waals surface area contributed by atoms with E-state index in [9.17, 15) is 19.5 Å². The number of hydrogen-bond donors (Lipinski definition) is 4. The van der Waals surface area contributed by atoms with E-state index in [-0.39, 0.29) is 35.5 Å². The summed E-state index contributed by atoms with van der Waals surface area (Å²) in [6.45, 7) is 5.89. The van der Waals surface area contributed by atoms with Gasteiger partial charge in [0.2, 0.25) is 23.0 Å². The number of nitrogens with zero attached hydrogens (tertiary/aromatic N) is 2. The van der Waals surface area contributed by atoms with Gasteiger partial charge in [-0.3, -0.25) is 14.4 Å². The molecular formula is C37H45N5O7. The number of aryl methyl sites for hydroxylation is 1. The maximum atomic E-state index is 13.9. The Hall–Kier alpha value is -5.10. The van der Waals surface area contributed by atoms with E-state index in [0.29, 0.717) is 66.6 Å². The van der Waals surface area contributed by atoms with Crippen LogP contribution in [0, 0.1) is 5.92 Å². The van der Waals surface area contributed by atoms with Gasteiger partial charge in [0.05, 0.1) is 44.1 Å². The highest BCUT2D eigenvalue weighted by molar-refractivity contribution is 5.86. The van der Waals surface area contributed by atoms with Crippen molar-refractivity contribution in [3.63, 3.8) is 0 Å². The predicted molar refractivity (Wildman–Crippen MR) is 188 cm³/mol. The van der Waals surface area contributed by atoms with Crippen LogP contribution in [0.1, 0.15) is 56.6 Å². The molecule has 260 valence electrons. The molecular weight excluding hydrogens is 626 g/mol. The maximum absolute atomic E-state index is 13.9. The molecule has 1 aliphatic carbocycles. The molecule has 0 saturated carbocycles. The first kappa shape index (κ1) is 35.2. The lowest BCUT2D eigenvalue weighted by molar-refractivity contribution is -0.123. The molecule has 49 heavy (non-hydrogen) atoms. The Bertz CT molecular complexity index is 1910. The molecule has 3 unspecified atom stereocenters. The van der Waals surface area contributed by atoms with E-state index in [4.69, 9.17) is 14.2 Å². The van der Waals surface area contributed by atoms with Crippen molar-refractivity contribution in [2.24, 2.45) is 5.92 Å². The summed E-state index contributed by atoms with van der Waals surface area (Å²) in [5, 5.41) is 19.2. The monoisotopic (exact) mass is 671 g/mol. The molecule has 12 heteroatoms. The molecule has 4 aromatic rings. The number of amides is 2. The van der Waals surface area contributed by atoms with Gasteiger partial charge in [0.1, 0.15) is 18.5 Å². The summed E-state index contributed by atoms with van der Waals surface area (Å²) in [4.78, 5) is 44.5. The Balaban J connectivity index is 1.50. The molecule has 1 heterocycles. The Morgan fingerprint density at radius 2 is 1.82 bits per heavy atom.